The molecule has 8 nitrogen and oxygen atoms in total. The lowest BCUT2D eigenvalue weighted by Crippen LogP contribution is -2.28. The maximum Gasteiger partial charge on any atom is 0.271 e. The molecule has 0 fully saturated rings. The quantitative estimate of drug-likeness (QED) is 0.544. The van der Waals surface area contributed by atoms with Gasteiger partial charge < -0.3 is 5.32 Å². The lowest BCUT2D eigenvalue weighted by atomic mass is 9.92. The summed E-state index contributed by atoms with van der Waals surface area (Å²) in [6, 6.07) is 10.7. The Kier molecular flexibility index (Phi) is 6.05. The molecule has 0 bridgehead atoms. The molecule has 2 aromatic carbocycles. The second-order valence-electron chi connectivity index (χ2n) is 6.64. The predicted octanol–water partition coefficient (Wildman–Crippen LogP) is 2.78. The van der Waals surface area contributed by atoms with Crippen LogP contribution in [0.5, 0.6) is 0 Å². The second-order valence-corrected chi connectivity index (χ2v) is 8.41. The van der Waals surface area contributed by atoms with Gasteiger partial charge in [0, 0.05) is 30.8 Å². The molecule has 0 unspecified atom stereocenters. The second kappa shape index (κ2) is 8.49. The monoisotopic (exact) mass is 403 g/mol. The van der Waals surface area contributed by atoms with Crippen molar-refractivity contribution in [2.24, 2.45) is 0 Å². The Hall–Kier alpha value is -2.78. The van der Waals surface area contributed by atoms with Crippen LogP contribution < -0.4 is 10.0 Å². The number of fused-ring (bicyclic) bond motifs is 1. The Bertz CT molecular complexity index is 1000. The van der Waals surface area contributed by atoms with E-state index in [9.17, 15) is 23.3 Å². The van der Waals surface area contributed by atoms with E-state index >= 15 is 0 Å². The normalized spacial score (nSPS) is 13.6. The summed E-state index contributed by atoms with van der Waals surface area (Å²) < 4.78 is 27.4. The molecule has 3 rings (SSSR count). The maximum atomic E-state index is 12.5. The van der Waals surface area contributed by atoms with Crippen molar-refractivity contribution < 1.29 is 18.1 Å². The van der Waals surface area contributed by atoms with Crippen molar-refractivity contribution in [2.45, 2.75) is 37.0 Å². The molecular formula is C19H21N3O5S. The average molecular weight is 403 g/mol. The Morgan fingerprint density at radius 3 is 2.57 bits per heavy atom. The molecule has 2 aromatic rings. The Morgan fingerprint density at radius 1 is 1.07 bits per heavy atom. The van der Waals surface area contributed by atoms with E-state index in [2.05, 4.69) is 10.0 Å². The average Bonchev–Trinajstić information content (AvgIpc) is 2.67. The number of amides is 1. The molecule has 2 N–H and O–H groups in total. The summed E-state index contributed by atoms with van der Waals surface area (Å²) in [6.07, 6.45) is 3.94. The van der Waals surface area contributed by atoms with Crippen LogP contribution in [-0.2, 0) is 27.7 Å². The molecule has 0 heterocycles. The number of non-ortho nitro benzene ring substituents is 1. The fraction of sp³-hybridized carbons (Fsp3) is 0.316. The fourth-order valence-electron chi connectivity index (χ4n) is 3.18. The first-order valence-electron chi connectivity index (χ1n) is 9.01. The lowest BCUT2D eigenvalue weighted by Gasteiger charge is -2.16. The zero-order valence-electron chi connectivity index (χ0n) is 15.2. The van der Waals surface area contributed by atoms with E-state index < -0.39 is 20.9 Å². The molecule has 28 heavy (non-hydrogen) atoms. The SMILES string of the molecule is O=C(CCNS(=O)(=O)c1ccc2c(c1)CCCC2)Nc1cccc([N+](=O)[O-])c1. The third-order valence-corrected chi connectivity index (χ3v) is 6.07. The number of nitrogens with one attached hydrogen (secondary N) is 2. The van der Waals surface area contributed by atoms with Crippen molar-refractivity contribution in [1.82, 2.24) is 4.72 Å². The molecular weight excluding hydrogens is 382 g/mol. The first kappa shape index (κ1) is 20.0. The van der Waals surface area contributed by atoms with Crippen molar-refractivity contribution in [3.8, 4) is 0 Å². The number of carbonyl (C=O) groups is 1. The highest BCUT2D eigenvalue weighted by Gasteiger charge is 2.18. The van der Waals surface area contributed by atoms with Gasteiger partial charge in [-0.25, -0.2) is 13.1 Å². The third kappa shape index (κ3) is 4.93. The molecule has 0 radical (unpaired) electrons. The van der Waals surface area contributed by atoms with Crippen LogP contribution in [0.25, 0.3) is 0 Å². The van der Waals surface area contributed by atoms with Crippen molar-refractivity contribution in [2.75, 3.05) is 11.9 Å². The summed E-state index contributed by atoms with van der Waals surface area (Å²) in [6.45, 7) is -0.0693. The van der Waals surface area contributed by atoms with E-state index in [-0.39, 0.29) is 29.2 Å². The van der Waals surface area contributed by atoms with Gasteiger partial charge in [-0.3, -0.25) is 14.9 Å². The number of nitro groups is 1. The Labute approximate surface area is 163 Å². The van der Waals surface area contributed by atoms with Crippen LogP contribution in [0.4, 0.5) is 11.4 Å². The van der Waals surface area contributed by atoms with Gasteiger partial charge in [0.05, 0.1) is 9.82 Å². The number of rotatable bonds is 7. The molecule has 0 saturated heterocycles. The summed E-state index contributed by atoms with van der Waals surface area (Å²) in [5.74, 6) is -0.436. The Balaban J connectivity index is 1.56. The minimum Gasteiger partial charge on any atom is -0.326 e. The number of hydrogen-bond donors (Lipinski definition) is 2. The largest absolute Gasteiger partial charge is 0.326 e. The summed E-state index contributed by atoms with van der Waals surface area (Å²) in [7, 11) is -3.70. The molecule has 0 saturated carbocycles. The first-order chi connectivity index (χ1) is 13.3. The van der Waals surface area contributed by atoms with Crippen LogP contribution in [0.2, 0.25) is 0 Å². The van der Waals surface area contributed by atoms with Gasteiger partial charge in [-0.2, -0.15) is 0 Å². The minimum absolute atomic E-state index is 0.0693. The van der Waals surface area contributed by atoms with E-state index in [0.717, 1.165) is 31.2 Å². The highest BCUT2D eigenvalue weighted by Crippen LogP contribution is 2.24. The van der Waals surface area contributed by atoms with Crippen molar-refractivity contribution in [1.29, 1.82) is 0 Å². The van der Waals surface area contributed by atoms with Crippen LogP contribution in [0, 0.1) is 10.1 Å². The summed E-state index contributed by atoms with van der Waals surface area (Å²) in [5, 5.41) is 13.3. The van der Waals surface area contributed by atoms with E-state index in [1.54, 1.807) is 12.1 Å². The standard InChI is InChI=1S/C19H21N3O5S/c23-19(21-16-6-3-7-17(13-16)22(24)25)10-11-20-28(26,27)18-9-8-14-4-1-2-5-15(14)12-18/h3,6-9,12-13,20H,1-2,4-5,10-11H2,(H,21,23). The van der Waals surface area contributed by atoms with Gasteiger partial charge >= 0.3 is 0 Å². The van der Waals surface area contributed by atoms with Crippen molar-refractivity contribution in [3.63, 3.8) is 0 Å². The van der Waals surface area contributed by atoms with Gasteiger partial charge in [0.15, 0.2) is 0 Å². The molecule has 0 aliphatic heterocycles. The molecule has 1 aliphatic rings. The summed E-state index contributed by atoms with van der Waals surface area (Å²) >= 11 is 0. The maximum absolute atomic E-state index is 12.5. The molecule has 1 amide bonds. The molecule has 0 aromatic heterocycles. The molecule has 9 heteroatoms. The van der Waals surface area contributed by atoms with Crippen LogP contribution in [0.3, 0.4) is 0 Å². The van der Waals surface area contributed by atoms with Gasteiger partial charge in [-0.1, -0.05) is 12.1 Å². The predicted molar refractivity (Wildman–Crippen MR) is 105 cm³/mol. The van der Waals surface area contributed by atoms with E-state index in [0.29, 0.717) is 0 Å². The van der Waals surface area contributed by atoms with E-state index in [1.807, 2.05) is 6.07 Å². The number of aryl methyl sites for hydroxylation is 2. The topological polar surface area (TPSA) is 118 Å². The Morgan fingerprint density at radius 2 is 1.82 bits per heavy atom. The minimum atomic E-state index is -3.70. The smallest absolute Gasteiger partial charge is 0.271 e. The summed E-state index contributed by atoms with van der Waals surface area (Å²) in [5.41, 5.74) is 2.42. The van der Waals surface area contributed by atoms with Gasteiger partial charge in [0.1, 0.15) is 0 Å². The van der Waals surface area contributed by atoms with E-state index in [4.69, 9.17) is 0 Å². The first-order valence-corrected chi connectivity index (χ1v) is 10.5. The third-order valence-electron chi connectivity index (χ3n) is 4.62. The van der Waals surface area contributed by atoms with Crippen molar-refractivity contribution in [3.05, 3.63) is 63.7 Å². The van der Waals surface area contributed by atoms with Crippen LogP contribution in [0.15, 0.2) is 47.4 Å². The molecule has 1 aliphatic carbocycles. The van der Waals surface area contributed by atoms with Gasteiger partial charge in [0.2, 0.25) is 15.9 Å². The number of hydrogen-bond acceptors (Lipinski definition) is 5. The number of anilines is 1. The highest BCUT2D eigenvalue weighted by atomic mass is 32.2. The van der Waals surface area contributed by atoms with Crippen LogP contribution >= 0.6 is 0 Å². The number of sulfonamides is 1. The molecule has 148 valence electrons. The number of nitro benzene ring substituents is 1. The fourth-order valence-corrected chi connectivity index (χ4v) is 4.26. The number of carbonyl (C=O) groups excluding carboxylic acids is 1. The van der Waals surface area contributed by atoms with E-state index in [1.165, 1.54) is 29.8 Å². The van der Waals surface area contributed by atoms with Gasteiger partial charge in [-0.05, 0) is 55.0 Å². The molecule has 0 spiro atoms. The van der Waals surface area contributed by atoms with Crippen molar-refractivity contribution >= 4 is 27.3 Å². The van der Waals surface area contributed by atoms with Gasteiger partial charge in [-0.15, -0.1) is 0 Å². The number of nitrogens with zero attached hydrogens (tertiary/aromatic N) is 1. The molecule has 0 atom stereocenters. The lowest BCUT2D eigenvalue weighted by molar-refractivity contribution is -0.384. The zero-order chi connectivity index (χ0) is 20.1. The van der Waals surface area contributed by atoms with Gasteiger partial charge in [0.25, 0.3) is 5.69 Å². The zero-order valence-corrected chi connectivity index (χ0v) is 16.0. The van der Waals surface area contributed by atoms with Crippen LogP contribution in [0.1, 0.15) is 30.4 Å². The highest BCUT2D eigenvalue weighted by molar-refractivity contribution is 7.89. The summed E-state index contributed by atoms with van der Waals surface area (Å²) in [4.78, 5) is 22.4. The number of benzene rings is 2. The van der Waals surface area contributed by atoms with Crippen LogP contribution in [-0.4, -0.2) is 25.8 Å².